The number of aryl methyl sites for hydroxylation is 2. The predicted octanol–water partition coefficient (Wildman–Crippen LogP) is 5.06. The maximum Gasteiger partial charge on any atom is 0.275 e. The molecule has 1 aliphatic carbocycles. The highest BCUT2D eigenvalue weighted by molar-refractivity contribution is 5.92. The molecule has 2 aromatic heterocycles. The Morgan fingerprint density at radius 1 is 1.08 bits per heavy atom. The minimum atomic E-state index is -0.435. The average Bonchev–Trinajstić information content (AvgIpc) is 3.68. The lowest BCUT2D eigenvalue weighted by molar-refractivity contribution is -0.122. The molecule has 2 unspecified atom stereocenters. The van der Waals surface area contributed by atoms with Gasteiger partial charge in [0.15, 0.2) is 11.4 Å². The molecule has 9 heteroatoms. The van der Waals surface area contributed by atoms with Crippen LogP contribution in [0.3, 0.4) is 0 Å². The summed E-state index contributed by atoms with van der Waals surface area (Å²) in [6.45, 7) is 12.2. The third-order valence-electron chi connectivity index (χ3n) is 7.56. The molecule has 3 aliphatic rings. The molecule has 4 heterocycles. The predicted molar refractivity (Wildman–Crippen MR) is 145 cm³/mol. The van der Waals surface area contributed by atoms with Crippen LogP contribution in [-0.2, 0) is 22.4 Å². The van der Waals surface area contributed by atoms with Gasteiger partial charge in [0.25, 0.3) is 5.91 Å². The number of benzene rings is 1. The first-order chi connectivity index (χ1) is 18.8. The summed E-state index contributed by atoms with van der Waals surface area (Å²) in [5, 5.41) is 3.15. The fraction of sp³-hybridized carbons (Fsp3) is 0.533. The number of morpholine rings is 1. The van der Waals surface area contributed by atoms with Crippen molar-refractivity contribution >= 4 is 11.8 Å². The zero-order chi connectivity index (χ0) is 27.7. The first kappa shape index (κ1) is 27.1. The summed E-state index contributed by atoms with van der Waals surface area (Å²) in [6, 6.07) is 6.03. The number of nitrogens with one attached hydrogen (secondary N) is 1. The van der Waals surface area contributed by atoms with Crippen LogP contribution >= 0.6 is 0 Å². The third kappa shape index (κ3) is 5.37. The topological polar surface area (TPSA) is 111 Å². The molecule has 3 aromatic rings. The Morgan fingerprint density at radius 2 is 1.85 bits per heavy atom. The van der Waals surface area contributed by atoms with E-state index in [0.717, 1.165) is 18.4 Å². The van der Waals surface area contributed by atoms with Gasteiger partial charge in [0.2, 0.25) is 17.7 Å². The van der Waals surface area contributed by atoms with E-state index >= 15 is 0 Å². The van der Waals surface area contributed by atoms with Crippen molar-refractivity contribution in [1.82, 2.24) is 20.2 Å². The van der Waals surface area contributed by atoms with Crippen LogP contribution in [0.15, 0.2) is 33.3 Å². The van der Waals surface area contributed by atoms with E-state index in [0.29, 0.717) is 56.5 Å². The van der Waals surface area contributed by atoms with Crippen molar-refractivity contribution < 1.29 is 23.2 Å². The van der Waals surface area contributed by atoms with E-state index in [1.807, 2.05) is 34.6 Å². The summed E-state index contributed by atoms with van der Waals surface area (Å²) >= 11 is 0. The van der Waals surface area contributed by atoms with E-state index in [4.69, 9.17) is 18.6 Å². The quantitative estimate of drug-likeness (QED) is 0.489. The Balaban J connectivity index is 0.00000151. The summed E-state index contributed by atoms with van der Waals surface area (Å²) in [5.74, 6) is 1.10. The SMILES string of the molecule is CC.CC(C)(C)C1NC(=O)CCc2ccc3c(c2)C(CC3)c2oc1nc2-c1nc(C(=O)N2CCOCC2)co1. The smallest absolute Gasteiger partial charge is 0.275 e. The highest BCUT2D eigenvalue weighted by Crippen LogP contribution is 2.45. The molecule has 1 fully saturated rings. The molecule has 1 aromatic carbocycles. The molecule has 2 amide bonds. The number of hydrogen-bond acceptors (Lipinski definition) is 7. The lowest BCUT2D eigenvalue weighted by atomic mass is 9.86. The molecule has 1 N–H and O–H groups in total. The zero-order valence-electron chi connectivity index (χ0n) is 23.5. The lowest BCUT2D eigenvalue weighted by Crippen LogP contribution is -2.40. The Kier molecular flexibility index (Phi) is 7.62. The van der Waals surface area contributed by atoms with Crippen LogP contribution in [0, 0.1) is 5.41 Å². The van der Waals surface area contributed by atoms with Crippen LogP contribution in [-0.4, -0.2) is 53.0 Å². The van der Waals surface area contributed by atoms with E-state index in [2.05, 4.69) is 28.5 Å². The van der Waals surface area contributed by atoms with Gasteiger partial charge >= 0.3 is 0 Å². The molecular weight excluding hydrogens is 496 g/mol. The minimum absolute atomic E-state index is 0.00718. The number of oxazole rings is 2. The molecule has 0 saturated carbocycles. The van der Waals surface area contributed by atoms with Gasteiger partial charge in [0, 0.05) is 25.4 Å². The summed E-state index contributed by atoms with van der Waals surface area (Å²) in [7, 11) is 0. The number of nitrogens with zero attached hydrogens (tertiary/aromatic N) is 3. The maximum absolute atomic E-state index is 13.0. The van der Waals surface area contributed by atoms with Gasteiger partial charge in [-0.15, -0.1) is 0 Å². The molecule has 6 rings (SSSR count). The fourth-order valence-corrected chi connectivity index (χ4v) is 5.49. The Labute approximate surface area is 229 Å². The zero-order valence-corrected chi connectivity index (χ0v) is 23.5. The van der Waals surface area contributed by atoms with Crippen molar-refractivity contribution in [2.24, 2.45) is 5.41 Å². The third-order valence-corrected chi connectivity index (χ3v) is 7.56. The molecule has 9 nitrogen and oxygen atoms in total. The van der Waals surface area contributed by atoms with E-state index in [-0.39, 0.29) is 34.7 Å². The van der Waals surface area contributed by atoms with Crippen LogP contribution in [0.1, 0.15) is 98.2 Å². The van der Waals surface area contributed by atoms with Crippen LogP contribution < -0.4 is 5.32 Å². The van der Waals surface area contributed by atoms with Crippen molar-refractivity contribution in [1.29, 1.82) is 0 Å². The number of rotatable bonds is 2. The van der Waals surface area contributed by atoms with E-state index in [1.165, 1.54) is 17.4 Å². The Morgan fingerprint density at radius 3 is 2.59 bits per heavy atom. The van der Waals surface area contributed by atoms with Crippen LogP contribution in [0.5, 0.6) is 0 Å². The van der Waals surface area contributed by atoms with Crippen molar-refractivity contribution in [2.45, 2.75) is 72.3 Å². The maximum atomic E-state index is 13.0. The second-order valence-electron chi connectivity index (χ2n) is 11.2. The molecular formula is C30H38N4O5. The van der Waals surface area contributed by atoms with Crippen LogP contribution in [0.25, 0.3) is 11.6 Å². The van der Waals surface area contributed by atoms with Gasteiger partial charge in [0.05, 0.1) is 13.2 Å². The number of ether oxygens (including phenoxy) is 1. The van der Waals surface area contributed by atoms with Gasteiger partial charge in [-0.05, 0) is 41.4 Å². The van der Waals surface area contributed by atoms with E-state index < -0.39 is 6.04 Å². The molecule has 2 aliphatic heterocycles. The van der Waals surface area contributed by atoms with Crippen LogP contribution in [0.2, 0.25) is 0 Å². The first-order valence-electron chi connectivity index (χ1n) is 14.0. The van der Waals surface area contributed by atoms with Crippen molar-refractivity contribution in [3.8, 4) is 11.6 Å². The number of carbonyl (C=O) groups excluding carboxylic acids is 2. The average molecular weight is 535 g/mol. The lowest BCUT2D eigenvalue weighted by Gasteiger charge is -2.29. The van der Waals surface area contributed by atoms with Gasteiger partial charge in [-0.25, -0.2) is 9.97 Å². The Bertz CT molecular complexity index is 1350. The largest absolute Gasteiger partial charge is 0.442 e. The molecule has 4 bridgehead atoms. The van der Waals surface area contributed by atoms with E-state index in [1.54, 1.807) is 4.90 Å². The van der Waals surface area contributed by atoms with Crippen molar-refractivity contribution in [3.63, 3.8) is 0 Å². The summed E-state index contributed by atoms with van der Waals surface area (Å²) in [6.07, 6.45) is 4.27. The van der Waals surface area contributed by atoms with Gasteiger partial charge in [-0.1, -0.05) is 52.8 Å². The molecule has 1 saturated heterocycles. The highest BCUT2D eigenvalue weighted by atomic mass is 16.5. The van der Waals surface area contributed by atoms with Gasteiger partial charge in [0.1, 0.15) is 18.1 Å². The van der Waals surface area contributed by atoms with Gasteiger partial charge in [-0.2, -0.15) is 0 Å². The molecule has 0 spiro atoms. The number of amides is 2. The summed E-state index contributed by atoms with van der Waals surface area (Å²) in [5.41, 5.74) is 3.99. The number of carbonyl (C=O) groups is 2. The van der Waals surface area contributed by atoms with Crippen molar-refractivity contribution in [3.05, 3.63) is 58.5 Å². The number of hydrogen-bond donors (Lipinski definition) is 1. The monoisotopic (exact) mass is 534 g/mol. The van der Waals surface area contributed by atoms with Gasteiger partial charge < -0.3 is 23.8 Å². The summed E-state index contributed by atoms with van der Waals surface area (Å²) < 4.78 is 17.7. The number of aromatic nitrogens is 2. The molecule has 0 radical (unpaired) electrons. The molecule has 39 heavy (non-hydrogen) atoms. The highest BCUT2D eigenvalue weighted by Gasteiger charge is 2.38. The normalized spacial score (nSPS) is 20.8. The first-order valence-corrected chi connectivity index (χ1v) is 14.0. The second kappa shape index (κ2) is 11.0. The fourth-order valence-electron chi connectivity index (χ4n) is 5.49. The second-order valence-corrected chi connectivity index (χ2v) is 11.2. The van der Waals surface area contributed by atoms with E-state index in [9.17, 15) is 9.59 Å². The molecule has 2 atom stereocenters. The van der Waals surface area contributed by atoms with Gasteiger partial charge in [-0.3, -0.25) is 9.59 Å². The molecule has 208 valence electrons. The standard InChI is InChI=1S/C28H32N4O5.C2H6/c1-28(2,3)24-26-31-22(25-29-20(15-36-25)27(34)32-10-12-35-13-11-32)23(37-26)18-8-7-17-6-4-16(14-19(17)18)5-9-21(33)30-24;1-2/h4,6,14-15,18,24H,5,7-13H2,1-3H3,(H,30,33);1-2H3. The van der Waals surface area contributed by atoms with Crippen LogP contribution in [0.4, 0.5) is 0 Å². The summed E-state index contributed by atoms with van der Waals surface area (Å²) in [4.78, 5) is 37.1. The van der Waals surface area contributed by atoms with Crippen molar-refractivity contribution in [2.75, 3.05) is 26.3 Å². The minimum Gasteiger partial charge on any atom is -0.442 e. The number of fused-ring (bicyclic) bond motifs is 4. The Hall–Kier alpha value is -3.46.